The normalized spacial score (nSPS) is 9.83. The van der Waals surface area contributed by atoms with Crippen molar-refractivity contribution in [1.29, 1.82) is 0 Å². The minimum Gasteiger partial charge on any atom is -0.383 e. The lowest BCUT2D eigenvalue weighted by Crippen LogP contribution is -2.07. The lowest BCUT2D eigenvalue weighted by Gasteiger charge is -2.05. The Kier molecular flexibility index (Phi) is 3.84. The van der Waals surface area contributed by atoms with Gasteiger partial charge in [0, 0.05) is 26.0 Å². The summed E-state index contributed by atoms with van der Waals surface area (Å²) >= 11 is 5.84. The fraction of sp³-hybridized carbons (Fsp3) is 0.375. The monoisotopic (exact) mass is 186 g/mol. The van der Waals surface area contributed by atoms with E-state index in [1.165, 1.54) is 0 Å². The number of anilines is 1. The molecule has 0 saturated heterocycles. The molecule has 1 heterocycles. The van der Waals surface area contributed by atoms with Crippen LogP contribution in [-0.2, 0) is 4.74 Å². The van der Waals surface area contributed by atoms with Gasteiger partial charge in [-0.2, -0.15) is 0 Å². The van der Waals surface area contributed by atoms with E-state index in [0.29, 0.717) is 11.6 Å². The second-order valence-corrected chi connectivity index (χ2v) is 2.68. The lowest BCUT2D eigenvalue weighted by atomic mass is 10.4. The molecular formula is C8H11ClN2O. The smallest absolute Gasteiger partial charge is 0.0820 e. The minimum atomic E-state index is 0.633. The summed E-state index contributed by atoms with van der Waals surface area (Å²) in [5.41, 5.74) is 0.892. The highest BCUT2D eigenvalue weighted by atomic mass is 35.5. The van der Waals surface area contributed by atoms with Gasteiger partial charge in [0.1, 0.15) is 0 Å². The third kappa shape index (κ3) is 2.68. The van der Waals surface area contributed by atoms with E-state index in [0.717, 1.165) is 12.2 Å². The minimum absolute atomic E-state index is 0.633. The van der Waals surface area contributed by atoms with Crippen LogP contribution in [0, 0.1) is 0 Å². The van der Waals surface area contributed by atoms with Gasteiger partial charge in [0.25, 0.3) is 0 Å². The van der Waals surface area contributed by atoms with Crippen molar-refractivity contribution in [1.82, 2.24) is 4.98 Å². The number of methoxy groups -OCH3 is 1. The quantitative estimate of drug-likeness (QED) is 0.729. The Morgan fingerprint density at radius 1 is 1.67 bits per heavy atom. The molecule has 0 fully saturated rings. The number of hydrogen-bond donors (Lipinski definition) is 1. The number of pyridine rings is 1. The lowest BCUT2D eigenvalue weighted by molar-refractivity contribution is 0.211. The zero-order chi connectivity index (χ0) is 8.81. The van der Waals surface area contributed by atoms with Gasteiger partial charge >= 0.3 is 0 Å². The Hall–Kier alpha value is -0.800. The summed E-state index contributed by atoms with van der Waals surface area (Å²) in [6.45, 7) is 1.42. The molecule has 0 atom stereocenters. The molecule has 66 valence electrons. The number of nitrogens with zero attached hydrogens (tertiary/aromatic N) is 1. The molecule has 0 aliphatic carbocycles. The first-order valence-corrected chi connectivity index (χ1v) is 4.04. The molecule has 0 aliphatic rings. The SMILES string of the molecule is COCCNc1ccncc1Cl. The Bertz CT molecular complexity index is 242. The van der Waals surface area contributed by atoms with Gasteiger partial charge in [-0.3, -0.25) is 4.98 Å². The topological polar surface area (TPSA) is 34.1 Å². The summed E-state index contributed by atoms with van der Waals surface area (Å²) < 4.78 is 4.88. The second-order valence-electron chi connectivity index (χ2n) is 2.28. The summed E-state index contributed by atoms with van der Waals surface area (Å²) in [6.07, 6.45) is 3.30. The number of hydrogen-bond acceptors (Lipinski definition) is 3. The first kappa shape index (κ1) is 9.29. The highest BCUT2D eigenvalue weighted by Crippen LogP contribution is 2.18. The van der Waals surface area contributed by atoms with Crippen molar-refractivity contribution in [2.45, 2.75) is 0 Å². The molecule has 0 saturated carbocycles. The summed E-state index contributed by atoms with van der Waals surface area (Å²) in [7, 11) is 1.66. The van der Waals surface area contributed by atoms with Crippen molar-refractivity contribution < 1.29 is 4.74 Å². The van der Waals surface area contributed by atoms with Crippen molar-refractivity contribution in [3.8, 4) is 0 Å². The van der Waals surface area contributed by atoms with Gasteiger partial charge < -0.3 is 10.1 Å². The number of ether oxygens (including phenoxy) is 1. The van der Waals surface area contributed by atoms with Gasteiger partial charge in [0.05, 0.1) is 17.3 Å². The largest absolute Gasteiger partial charge is 0.383 e. The molecule has 1 N–H and O–H groups in total. The van der Waals surface area contributed by atoms with E-state index in [2.05, 4.69) is 10.3 Å². The van der Waals surface area contributed by atoms with Crippen LogP contribution in [0.1, 0.15) is 0 Å². The molecule has 3 nitrogen and oxygen atoms in total. The standard InChI is InChI=1S/C8H11ClN2O/c1-12-5-4-11-8-2-3-10-6-7(8)9/h2-3,6H,4-5H2,1H3,(H,10,11). The third-order valence-electron chi connectivity index (χ3n) is 1.39. The number of rotatable bonds is 4. The predicted octanol–water partition coefficient (Wildman–Crippen LogP) is 1.79. The maximum absolute atomic E-state index is 5.84. The van der Waals surface area contributed by atoms with Crippen LogP contribution < -0.4 is 5.32 Å². The van der Waals surface area contributed by atoms with Crippen LogP contribution in [0.3, 0.4) is 0 Å². The Labute approximate surface area is 76.7 Å². The summed E-state index contributed by atoms with van der Waals surface area (Å²) in [5, 5.41) is 3.75. The highest BCUT2D eigenvalue weighted by Gasteiger charge is 1.96. The molecule has 4 heteroatoms. The molecule has 0 aliphatic heterocycles. The Morgan fingerprint density at radius 2 is 2.50 bits per heavy atom. The van der Waals surface area contributed by atoms with Gasteiger partial charge in [0.15, 0.2) is 0 Å². The zero-order valence-electron chi connectivity index (χ0n) is 6.88. The molecule has 1 aromatic heterocycles. The summed E-state index contributed by atoms with van der Waals surface area (Å²) in [5.74, 6) is 0. The molecule has 1 rings (SSSR count). The van der Waals surface area contributed by atoms with E-state index in [1.807, 2.05) is 6.07 Å². The molecule has 0 bridgehead atoms. The number of aromatic nitrogens is 1. The molecule has 0 aromatic carbocycles. The highest BCUT2D eigenvalue weighted by molar-refractivity contribution is 6.33. The zero-order valence-corrected chi connectivity index (χ0v) is 7.64. The molecule has 0 amide bonds. The van der Waals surface area contributed by atoms with Crippen LogP contribution in [-0.4, -0.2) is 25.2 Å². The first-order chi connectivity index (χ1) is 5.84. The van der Waals surface area contributed by atoms with Crippen LogP contribution in [0.15, 0.2) is 18.5 Å². The molecule has 12 heavy (non-hydrogen) atoms. The Balaban J connectivity index is 2.46. The van der Waals surface area contributed by atoms with E-state index in [1.54, 1.807) is 19.5 Å². The van der Waals surface area contributed by atoms with Gasteiger partial charge in [-0.1, -0.05) is 11.6 Å². The first-order valence-electron chi connectivity index (χ1n) is 3.67. The van der Waals surface area contributed by atoms with Crippen LogP contribution in [0.5, 0.6) is 0 Å². The average molecular weight is 187 g/mol. The fourth-order valence-electron chi connectivity index (χ4n) is 0.806. The van der Waals surface area contributed by atoms with Gasteiger partial charge in [-0.05, 0) is 6.07 Å². The van der Waals surface area contributed by atoms with Crippen LogP contribution in [0.2, 0.25) is 5.02 Å². The van der Waals surface area contributed by atoms with Crippen LogP contribution >= 0.6 is 11.6 Å². The fourth-order valence-corrected chi connectivity index (χ4v) is 0.992. The van der Waals surface area contributed by atoms with Crippen LogP contribution in [0.4, 0.5) is 5.69 Å². The van der Waals surface area contributed by atoms with Gasteiger partial charge in [-0.25, -0.2) is 0 Å². The molecule has 0 radical (unpaired) electrons. The molecular weight excluding hydrogens is 176 g/mol. The summed E-state index contributed by atoms with van der Waals surface area (Å²) in [6, 6.07) is 1.83. The maximum Gasteiger partial charge on any atom is 0.0820 e. The van der Waals surface area contributed by atoms with E-state index in [9.17, 15) is 0 Å². The van der Waals surface area contributed by atoms with Gasteiger partial charge in [0.2, 0.25) is 0 Å². The molecule has 1 aromatic rings. The predicted molar refractivity (Wildman–Crippen MR) is 49.6 cm³/mol. The maximum atomic E-state index is 5.84. The van der Waals surface area contributed by atoms with E-state index in [-0.39, 0.29) is 0 Å². The Morgan fingerprint density at radius 3 is 3.17 bits per heavy atom. The van der Waals surface area contributed by atoms with E-state index in [4.69, 9.17) is 16.3 Å². The van der Waals surface area contributed by atoms with E-state index < -0.39 is 0 Å². The number of halogens is 1. The second kappa shape index (κ2) is 4.95. The van der Waals surface area contributed by atoms with Gasteiger partial charge in [-0.15, -0.1) is 0 Å². The third-order valence-corrected chi connectivity index (χ3v) is 1.70. The van der Waals surface area contributed by atoms with Crippen molar-refractivity contribution >= 4 is 17.3 Å². The van der Waals surface area contributed by atoms with Crippen molar-refractivity contribution in [3.63, 3.8) is 0 Å². The van der Waals surface area contributed by atoms with E-state index >= 15 is 0 Å². The number of nitrogens with one attached hydrogen (secondary N) is 1. The van der Waals surface area contributed by atoms with Crippen molar-refractivity contribution in [2.75, 3.05) is 25.6 Å². The van der Waals surface area contributed by atoms with Crippen LogP contribution in [0.25, 0.3) is 0 Å². The van der Waals surface area contributed by atoms with Crippen molar-refractivity contribution in [3.05, 3.63) is 23.5 Å². The molecule has 0 spiro atoms. The van der Waals surface area contributed by atoms with Crippen molar-refractivity contribution in [2.24, 2.45) is 0 Å². The summed E-state index contributed by atoms with van der Waals surface area (Å²) in [4.78, 5) is 3.87. The molecule has 0 unspecified atom stereocenters. The average Bonchev–Trinajstić information content (AvgIpc) is 2.09.